The van der Waals surface area contributed by atoms with E-state index in [1.165, 1.54) is 60.4 Å². The lowest BCUT2D eigenvalue weighted by molar-refractivity contribution is 0.0174. The molecular formula is C29H37F2NO. The minimum Gasteiger partial charge on any atom is -0.493 e. The van der Waals surface area contributed by atoms with E-state index in [0.29, 0.717) is 12.4 Å². The fraction of sp³-hybridized carbons (Fsp3) is 0.448. The van der Waals surface area contributed by atoms with Crippen molar-refractivity contribution in [2.45, 2.75) is 78.1 Å². The highest BCUT2D eigenvalue weighted by molar-refractivity contribution is 5.86. The van der Waals surface area contributed by atoms with Crippen molar-refractivity contribution >= 4 is 11.6 Å². The van der Waals surface area contributed by atoms with Crippen LogP contribution in [0.15, 0.2) is 48.2 Å². The molecule has 33 heavy (non-hydrogen) atoms. The average Bonchev–Trinajstić information content (AvgIpc) is 2.80. The fourth-order valence-electron chi connectivity index (χ4n) is 4.42. The Labute approximate surface area is 197 Å². The van der Waals surface area contributed by atoms with Crippen LogP contribution in [0.1, 0.15) is 87.1 Å². The topological polar surface area (TPSA) is 35.2 Å². The van der Waals surface area contributed by atoms with Crippen LogP contribution in [0.2, 0.25) is 0 Å². The van der Waals surface area contributed by atoms with E-state index in [1.807, 2.05) is 13.8 Å². The second-order valence-corrected chi connectivity index (χ2v) is 8.74. The van der Waals surface area contributed by atoms with Gasteiger partial charge in [0.25, 0.3) is 5.92 Å². The average molecular weight is 454 g/mol. The number of aryl methyl sites for hydroxylation is 1. The second-order valence-electron chi connectivity index (χ2n) is 8.74. The summed E-state index contributed by atoms with van der Waals surface area (Å²) in [5, 5.41) is 0. The molecule has 178 valence electrons. The standard InChI is InChI=1S/C22H22F2O.C5H9N.C2H6/c1-22(23,24)18-9-10-21-20(14-18)17(11-12-25-21)13-16-7-4-6-15-5-2-3-8-19(15)16;6-4-5-2-1-3-5;1-2/h4,6-7,9-10,13-14H,2-3,5,8,11-12H2,1H3;4H,1-3,6H2;1-2H3/b17-13+;;. The third kappa shape index (κ3) is 6.25. The summed E-state index contributed by atoms with van der Waals surface area (Å²) in [4.78, 5) is 0. The van der Waals surface area contributed by atoms with E-state index in [0.717, 1.165) is 37.3 Å². The number of fused-ring (bicyclic) bond motifs is 2. The van der Waals surface area contributed by atoms with E-state index in [9.17, 15) is 8.78 Å². The van der Waals surface area contributed by atoms with Gasteiger partial charge >= 0.3 is 0 Å². The highest BCUT2D eigenvalue weighted by Crippen LogP contribution is 2.39. The van der Waals surface area contributed by atoms with Gasteiger partial charge in [0.1, 0.15) is 5.75 Å². The van der Waals surface area contributed by atoms with Crippen molar-refractivity contribution in [2.75, 3.05) is 6.61 Å². The van der Waals surface area contributed by atoms with Gasteiger partial charge in [0.05, 0.1) is 6.61 Å². The van der Waals surface area contributed by atoms with Crippen LogP contribution in [-0.2, 0) is 18.8 Å². The van der Waals surface area contributed by atoms with Crippen molar-refractivity contribution in [3.63, 3.8) is 0 Å². The van der Waals surface area contributed by atoms with Crippen LogP contribution in [0.25, 0.3) is 11.6 Å². The minimum atomic E-state index is -2.84. The van der Waals surface area contributed by atoms with Gasteiger partial charge in [-0.1, -0.05) is 43.7 Å². The first kappa shape index (κ1) is 25.0. The maximum atomic E-state index is 13.7. The molecule has 0 amide bonds. The van der Waals surface area contributed by atoms with Gasteiger partial charge in [0, 0.05) is 24.5 Å². The number of halogens is 2. The molecule has 1 heterocycles. The van der Waals surface area contributed by atoms with Gasteiger partial charge in [0.2, 0.25) is 0 Å². The third-order valence-corrected chi connectivity index (χ3v) is 6.45. The first-order chi connectivity index (χ1) is 16.0. The lowest BCUT2D eigenvalue weighted by Crippen LogP contribution is -2.12. The molecule has 2 aromatic carbocycles. The Morgan fingerprint density at radius 3 is 2.33 bits per heavy atom. The number of hydrogen-bond donors (Lipinski definition) is 1. The predicted octanol–water partition coefficient (Wildman–Crippen LogP) is 8.04. The van der Waals surface area contributed by atoms with Crippen molar-refractivity contribution in [1.82, 2.24) is 0 Å². The van der Waals surface area contributed by atoms with Crippen LogP contribution in [-0.4, -0.2) is 6.61 Å². The molecule has 0 atom stereocenters. The number of alkyl halides is 2. The summed E-state index contributed by atoms with van der Waals surface area (Å²) in [6.07, 6.45) is 13.2. The maximum Gasteiger partial charge on any atom is 0.270 e. The van der Waals surface area contributed by atoms with Gasteiger partial charge in [-0.15, -0.1) is 0 Å². The quantitative estimate of drug-likeness (QED) is 0.499. The van der Waals surface area contributed by atoms with E-state index in [1.54, 1.807) is 18.3 Å². The van der Waals surface area contributed by atoms with E-state index in [2.05, 4.69) is 24.3 Å². The largest absolute Gasteiger partial charge is 0.493 e. The third-order valence-electron chi connectivity index (χ3n) is 6.45. The van der Waals surface area contributed by atoms with Crippen LogP contribution in [0.5, 0.6) is 5.75 Å². The molecule has 2 nitrogen and oxygen atoms in total. The summed E-state index contributed by atoms with van der Waals surface area (Å²) in [5.41, 5.74) is 12.6. The number of rotatable bonds is 2. The van der Waals surface area contributed by atoms with Crippen LogP contribution < -0.4 is 10.5 Å². The molecule has 1 saturated carbocycles. The van der Waals surface area contributed by atoms with Crippen molar-refractivity contribution in [2.24, 2.45) is 5.73 Å². The Morgan fingerprint density at radius 2 is 1.70 bits per heavy atom. The molecule has 1 aliphatic heterocycles. The monoisotopic (exact) mass is 453 g/mol. The van der Waals surface area contributed by atoms with Gasteiger partial charge in [-0.05, 0) is 91.6 Å². The van der Waals surface area contributed by atoms with Crippen LogP contribution >= 0.6 is 0 Å². The van der Waals surface area contributed by atoms with E-state index in [-0.39, 0.29) is 5.56 Å². The fourth-order valence-corrected chi connectivity index (χ4v) is 4.42. The summed E-state index contributed by atoms with van der Waals surface area (Å²) >= 11 is 0. The number of allylic oxidation sites excluding steroid dienone is 1. The SMILES string of the molecule is CC.CC(F)(F)c1ccc2c(c1)/C(=C/c1cccc3c1CCCC3)CCO2.NC=C1CCC1. The van der Waals surface area contributed by atoms with Crippen molar-refractivity contribution < 1.29 is 13.5 Å². The van der Waals surface area contributed by atoms with Crippen LogP contribution in [0.4, 0.5) is 8.78 Å². The van der Waals surface area contributed by atoms with Gasteiger partial charge in [-0.2, -0.15) is 0 Å². The molecule has 4 heteroatoms. The first-order valence-electron chi connectivity index (χ1n) is 12.3. The number of ether oxygens (including phenoxy) is 1. The van der Waals surface area contributed by atoms with E-state index in [4.69, 9.17) is 10.5 Å². The second kappa shape index (κ2) is 11.5. The molecule has 0 spiro atoms. The number of nitrogens with two attached hydrogens (primary N) is 1. The minimum absolute atomic E-state index is 0.0396. The summed E-state index contributed by atoms with van der Waals surface area (Å²) < 4.78 is 33.2. The highest BCUT2D eigenvalue weighted by Gasteiger charge is 2.27. The summed E-state index contributed by atoms with van der Waals surface area (Å²) in [6, 6.07) is 11.2. The highest BCUT2D eigenvalue weighted by atomic mass is 19.3. The van der Waals surface area contributed by atoms with Gasteiger partial charge in [-0.3, -0.25) is 0 Å². The maximum absolute atomic E-state index is 13.7. The van der Waals surface area contributed by atoms with Gasteiger partial charge < -0.3 is 10.5 Å². The Bertz CT molecular complexity index is 995. The van der Waals surface area contributed by atoms with Crippen molar-refractivity contribution in [1.29, 1.82) is 0 Å². The Morgan fingerprint density at radius 1 is 0.939 bits per heavy atom. The molecule has 0 saturated heterocycles. The summed E-state index contributed by atoms with van der Waals surface area (Å²) in [6.45, 7) is 5.53. The smallest absolute Gasteiger partial charge is 0.270 e. The molecule has 3 aliphatic rings. The molecule has 0 aromatic heterocycles. The Kier molecular flexibility index (Phi) is 8.71. The van der Waals surface area contributed by atoms with Gasteiger partial charge in [0.15, 0.2) is 0 Å². The molecule has 1 fully saturated rings. The molecular weight excluding hydrogens is 416 g/mol. The number of hydrogen-bond acceptors (Lipinski definition) is 2. The zero-order valence-corrected chi connectivity index (χ0v) is 20.2. The lowest BCUT2D eigenvalue weighted by Gasteiger charge is -2.23. The van der Waals surface area contributed by atoms with Crippen molar-refractivity contribution in [3.05, 3.63) is 76.0 Å². The number of benzene rings is 2. The predicted molar refractivity (Wildman–Crippen MR) is 135 cm³/mol. The zero-order chi connectivity index (χ0) is 23.8. The Hall–Kier alpha value is -2.62. The van der Waals surface area contributed by atoms with E-state index < -0.39 is 5.92 Å². The molecule has 5 rings (SSSR count). The lowest BCUT2D eigenvalue weighted by atomic mass is 9.86. The van der Waals surface area contributed by atoms with Crippen LogP contribution in [0.3, 0.4) is 0 Å². The molecule has 0 unspecified atom stereocenters. The van der Waals surface area contributed by atoms with Crippen LogP contribution in [0, 0.1) is 0 Å². The Balaban J connectivity index is 0.000000329. The molecule has 0 radical (unpaired) electrons. The van der Waals surface area contributed by atoms with E-state index >= 15 is 0 Å². The van der Waals surface area contributed by atoms with Gasteiger partial charge in [-0.25, -0.2) is 8.78 Å². The summed E-state index contributed by atoms with van der Waals surface area (Å²) in [5.74, 6) is -2.14. The molecule has 2 aromatic rings. The summed E-state index contributed by atoms with van der Waals surface area (Å²) in [7, 11) is 0. The first-order valence-corrected chi connectivity index (χ1v) is 12.3. The molecule has 2 N–H and O–H groups in total. The normalized spacial score (nSPS) is 17.7. The molecule has 0 bridgehead atoms. The molecule has 2 aliphatic carbocycles. The van der Waals surface area contributed by atoms with Crippen molar-refractivity contribution in [3.8, 4) is 5.75 Å². The zero-order valence-electron chi connectivity index (χ0n) is 20.2.